The van der Waals surface area contributed by atoms with Crippen molar-refractivity contribution in [3.63, 3.8) is 0 Å². The summed E-state index contributed by atoms with van der Waals surface area (Å²) in [5.74, 6) is 0.308. The highest BCUT2D eigenvalue weighted by atomic mass is 32.2. The maximum absolute atomic E-state index is 12.0. The molecule has 0 amide bonds. The molecule has 2 aromatic heterocycles. The van der Waals surface area contributed by atoms with Gasteiger partial charge in [0.05, 0.1) is 16.6 Å². The van der Waals surface area contributed by atoms with Crippen LogP contribution in [-0.2, 0) is 16.5 Å². The van der Waals surface area contributed by atoms with Gasteiger partial charge in [0.15, 0.2) is 5.65 Å². The Balaban J connectivity index is 1.60. The summed E-state index contributed by atoms with van der Waals surface area (Å²) in [4.78, 5) is 11.1. The van der Waals surface area contributed by atoms with E-state index in [4.69, 9.17) is 4.18 Å². The van der Waals surface area contributed by atoms with Crippen molar-refractivity contribution < 1.29 is 12.6 Å². The molecule has 0 unspecified atom stereocenters. The maximum Gasteiger partial charge on any atom is 0.311 e. The number of aryl methyl sites for hydroxylation is 2. The van der Waals surface area contributed by atoms with Crippen LogP contribution in [0.5, 0.6) is 5.75 Å². The lowest BCUT2D eigenvalue weighted by Crippen LogP contribution is -2.19. The second-order valence-corrected chi connectivity index (χ2v) is 11.4. The number of aromatic nitrogens is 2. The summed E-state index contributed by atoms with van der Waals surface area (Å²) in [6, 6.07) is 19.4. The van der Waals surface area contributed by atoms with Gasteiger partial charge >= 0.3 is 10.1 Å². The van der Waals surface area contributed by atoms with Crippen LogP contribution >= 0.6 is 11.8 Å². The fourth-order valence-corrected chi connectivity index (χ4v) is 4.72. The van der Waals surface area contributed by atoms with Gasteiger partial charge in [0.2, 0.25) is 0 Å². The first-order chi connectivity index (χ1) is 16.2. The number of nitrogens with zero attached hydrogens (tertiary/aromatic N) is 2. The van der Waals surface area contributed by atoms with Crippen LogP contribution in [0.1, 0.15) is 32.0 Å². The topological polar surface area (TPSA) is 81.2 Å². The van der Waals surface area contributed by atoms with E-state index < -0.39 is 15.4 Å². The van der Waals surface area contributed by atoms with Crippen molar-refractivity contribution in [3.8, 4) is 5.75 Å². The van der Waals surface area contributed by atoms with Crippen LogP contribution in [0.15, 0.2) is 76.7 Å². The Morgan fingerprint density at radius 3 is 2.47 bits per heavy atom. The summed E-state index contributed by atoms with van der Waals surface area (Å²) >= 11 is 1.59. The van der Waals surface area contributed by atoms with E-state index in [1.54, 1.807) is 43.9 Å². The van der Waals surface area contributed by atoms with Crippen LogP contribution in [0.3, 0.4) is 0 Å². The number of hydrogen-bond acceptors (Lipinski definition) is 7. The van der Waals surface area contributed by atoms with E-state index in [2.05, 4.69) is 53.4 Å². The van der Waals surface area contributed by atoms with Gasteiger partial charge < -0.3 is 9.50 Å². The normalized spacial score (nSPS) is 11.7. The molecule has 0 fully saturated rings. The third-order valence-corrected chi connectivity index (χ3v) is 7.93. The minimum atomic E-state index is -3.62. The predicted molar refractivity (Wildman–Crippen MR) is 139 cm³/mol. The fourth-order valence-electron chi connectivity index (χ4n) is 3.27. The fraction of sp³-hybridized carbons (Fsp3) is 0.231. The summed E-state index contributed by atoms with van der Waals surface area (Å²) < 4.78 is 29.2. The third kappa shape index (κ3) is 5.51. The van der Waals surface area contributed by atoms with Crippen molar-refractivity contribution in [3.05, 3.63) is 78.1 Å². The van der Waals surface area contributed by atoms with Crippen LogP contribution in [-0.4, -0.2) is 23.6 Å². The zero-order valence-electron chi connectivity index (χ0n) is 19.6. The molecular weight excluding hydrogens is 466 g/mol. The molecule has 0 spiro atoms. The molecule has 34 heavy (non-hydrogen) atoms. The third-order valence-electron chi connectivity index (χ3n) is 5.27. The molecule has 0 aliphatic rings. The molecule has 2 heterocycles. The molecule has 0 saturated heterocycles. The van der Waals surface area contributed by atoms with Crippen molar-refractivity contribution in [2.75, 3.05) is 5.32 Å². The van der Waals surface area contributed by atoms with Gasteiger partial charge in [-0.1, -0.05) is 24.8 Å². The zero-order valence-corrected chi connectivity index (χ0v) is 21.2. The highest BCUT2D eigenvalue weighted by molar-refractivity contribution is 7.99. The highest BCUT2D eigenvalue weighted by Crippen LogP contribution is 2.37. The summed E-state index contributed by atoms with van der Waals surface area (Å²) in [5.41, 5.74) is 4.78. The maximum atomic E-state index is 12.0. The Labute approximate surface area is 204 Å². The average Bonchev–Trinajstić information content (AvgIpc) is 2.81. The number of benzene rings is 2. The van der Waals surface area contributed by atoms with Gasteiger partial charge in [-0.2, -0.15) is 8.42 Å². The summed E-state index contributed by atoms with van der Waals surface area (Å²) in [6.07, 6.45) is 2.63. The van der Waals surface area contributed by atoms with E-state index in [9.17, 15) is 8.42 Å². The second-order valence-electron chi connectivity index (χ2n) is 8.21. The minimum absolute atomic E-state index is 0.308. The summed E-state index contributed by atoms with van der Waals surface area (Å²) in [6.45, 7) is 7.32. The van der Waals surface area contributed by atoms with Crippen LogP contribution in [0.4, 0.5) is 11.4 Å². The molecule has 4 aromatic rings. The molecule has 0 aliphatic heterocycles. The Morgan fingerprint density at radius 1 is 1.00 bits per heavy atom. The van der Waals surface area contributed by atoms with Gasteiger partial charge in [-0.25, -0.2) is 9.97 Å². The number of anilines is 2. The molecule has 176 valence electrons. The van der Waals surface area contributed by atoms with E-state index in [-0.39, 0.29) is 0 Å². The first-order valence-electron chi connectivity index (χ1n) is 11.1. The standard InChI is InChI=1S/C26H27N3O3S2/c1-5-19-7-12-22-23(14-15-27-26(22)28-19)29-24-16-18(4)6-13-25(24)33-21-10-8-20(9-11-21)32-34(30,31)17(2)3/h6-17H,5H2,1-4H3,(H,27,28,29). The second kappa shape index (κ2) is 10.0. The lowest BCUT2D eigenvalue weighted by Gasteiger charge is -2.15. The van der Waals surface area contributed by atoms with E-state index in [1.807, 2.05) is 24.3 Å². The number of rotatable bonds is 8. The molecule has 0 atom stereocenters. The summed E-state index contributed by atoms with van der Waals surface area (Å²) in [5, 5.41) is 3.93. The number of nitrogens with one attached hydrogen (secondary N) is 1. The molecule has 0 saturated carbocycles. The van der Waals surface area contributed by atoms with Crippen molar-refractivity contribution >= 4 is 44.3 Å². The highest BCUT2D eigenvalue weighted by Gasteiger charge is 2.18. The van der Waals surface area contributed by atoms with Gasteiger partial charge in [-0.05, 0) is 87.4 Å². The first kappa shape index (κ1) is 24.0. The van der Waals surface area contributed by atoms with Gasteiger partial charge in [0.1, 0.15) is 5.75 Å². The molecule has 0 aliphatic carbocycles. The van der Waals surface area contributed by atoms with Gasteiger partial charge in [-0.3, -0.25) is 0 Å². The van der Waals surface area contributed by atoms with Crippen molar-refractivity contribution in [2.45, 2.75) is 49.2 Å². The Kier molecular flexibility index (Phi) is 7.09. The van der Waals surface area contributed by atoms with Crippen LogP contribution < -0.4 is 9.50 Å². The van der Waals surface area contributed by atoms with Crippen molar-refractivity contribution in [1.29, 1.82) is 0 Å². The van der Waals surface area contributed by atoms with Gasteiger partial charge in [-0.15, -0.1) is 0 Å². The van der Waals surface area contributed by atoms with Gasteiger partial charge in [0, 0.05) is 27.1 Å². The van der Waals surface area contributed by atoms with Crippen molar-refractivity contribution in [1.82, 2.24) is 9.97 Å². The smallest absolute Gasteiger partial charge is 0.311 e. The predicted octanol–water partition coefficient (Wildman–Crippen LogP) is 6.51. The van der Waals surface area contributed by atoms with Crippen molar-refractivity contribution in [2.24, 2.45) is 0 Å². The monoisotopic (exact) mass is 493 g/mol. The molecule has 6 nitrogen and oxygen atoms in total. The van der Waals surface area contributed by atoms with E-state index in [0.717, 1.165) is 49.9 Å². The van der Waals surface area contributed by atoms with E-state index in [1.165, 1.54) is 0 Å². The zero-order chi connectivity index (χ0) is 24.3. The lowest BCUT2D eigenvalue weighted by atomic mass is 10.2. The van der Waals surface area contributed by atoms with E-state index in [0.29, 0.717) is 5.75 Å². The molecule has 8 heteroatoms. The van der Waals surface area contributed by atoms with Crippen LogP contribution in [0, 0.1) is 6.92 Å². The lowest BCUT2D eigenvalue weighted by molar-refractivity contribution is 0.477. The Morgan fingerprint density at radius 2 is 1.76 bits per heavy atom. The molecule has 4 rings (SSSR count). The van der Waals surface area contributed by atoms with Gasteiger partial charge in [0.25, 0.3) is 0 Å². The van der Waals surface area contributed by atoms with Crippen LogP contribution in [0.25, 0.3) is 11.0 Å². The number of hydrogen-bond donors (Lipinski definition) is 1. The Hall–Kier alpha value is -3.10. The number of fused-ring (bicyclic) bond motifs is 1. The summed E-state index contributed by atoms with van der Waals surface area (Å²) in [7, 11) is -3.62. The van der Waals surface area contributed by atoms with E-state index >= 15 is 0 Å². The largest absolute Gasteiger partial charge is 0.382 e. The molecule has 0 radical (unpaired) electrons. The minimum Gasteiger partial charge on any atom is -0.382 e. The van der Waals surface area contributed by atoms with Crippen LogP contribution in [0.2, 0.25) is 0 Å². The first-order valence-corrected chi connectivity index (χ1v) is 13.4. The molecular formula is C26H27N3O3S2. The molecule has 2 aromatic carbocycles. The number of pyridine rings is 2. The molecule has 1 N–H and O–H groups in total. The Bertz CT molecular complexity index is 1420. The quantitative estimate of drug-likeness (QED) is 0.280. The average molecular weight is 494 g/mol. The molecule has 0 bridgehead atoms. The SMILES string of the molecule is CCc1ccc2c(Nc3cc(C)ccc3Sc3ccc(OS(=O)(=O)C(C)C)cc3)ccnc2n1.